The number of Topliss-reactive ketones (excluding diaryl/α,β-unsaturated/α-hetero) is 1. The summed E-state index contributed by atoms with van der Waals surface area (Å²) in [4.78, 5) is 15.4. The lowest BCUT2D eigenvalue weighted by atomic mass is 9.90. The monoisotopic (exact) mass is 229 g/mol. The van der Waals surface area contributed by atoms with Crippen molar-refractivity contribution in [2.75, 3.05) is 13.2 Å². The first kappa shape index (κ1) is 10.5. The number of hydrogen-bond acceptors (Lipinski definition) is 2. The lowest BCUT2D eigenvalue weighted by Crippen LogP contribution is -2.23. The van der Waals surface area contributed by atoms with Crippen LogP contribution in [0, 0.1) is 5.92 Å². The minimum absolute atomic E-state index is 0.139. The molecule has 1 aliphatic heterocycles. The Hall–Kier alpha value is -1.61. The Balaban J connectivity index is 1.88. The van der Waals surface area contributed by atoms with Crippen molar-refractivity contribution in [1.82, 2.24) is 4.98 Å². The van der Waals surface area contributed by atoms with Gasteiger partial charge in [-0.3, -0.25) is 4.79 Å². The van der Waals surface area contributed by atoms with E-state index in [1.165, 1.54) is 0 Å². The molecule has 0 saturated carbocycles. The molecule has 0 amide bonds. The highest BCUT2D eigenvalue weighted by molar-refractivity contribution is 6.00. The lowest BCUT2D eigenvalue weighted by molar-refractivity contribution is 0.0545. The topological polar surface area (TPSA) is 42.1 Å². The van der Waals surface area contributed by atoms with Crippen molar-refractivity contribution in [3.8, 4) is 0 Å². The third-order valence-corrected chi connectivity index (χ3v) is 3.43. The van der Waals surface area contributed by atoms with Gasteiger partial charge < -0.3 is 9.72 Å². The quantitative estimate of drug-likeness (QED) is 0.804. The van der Waals surface area contributed by atoms with Crippen LogP contribution in [-0.2, 0) is 4.74 Å². The smallest absolute Gasteiger partial charge is 0.166 e. The maximum Gasteiger partial charge on any atom is 0.166 e. The van der Waals surface area contributed by atoms with Crippen molar-refractivity contribution in [2.24, 2.45) is 5.92 Å². The van der Waals surface area contributed by atoms with Gasteiger partial charge in [-0.15, -0.1) is 0 Å². The Morgan fingerprint density at radius 2 is 2.06 bits per heavy atom. The van der Waals surface area contributed by atoms with E-state index < -0.39 is 0 Å². The molecule has 1 N–H and O–H groups in total. The maximum absolute atomic E-state index is 12.3. The predicted molar refractivity (Wildman–Crippen MR) is 66.2 cm³/mol. The van der Waals surface area contributed by atoms with Crippen LogP contribution in [0.15, 0.2) is 30.5 Å². The summed E-state index contributed by atoms with van der Waals surface area (Å²) in [6.45, 7) is 1.42. The maximum atomic E-state index is 12.3. The number of H-pyrrole nitrogens is 1. The van der Waals surface area contributed by atoms with Gasteiger partial charge >= 0.3 is 0 Å². The average Bonchev–Trinajstić information content (AvgIpc) is 2.86. The number of carbonyl (C=O) groups excluding carboxylic acids is 1. The Morgan fingerprint density at radius 3 is 2.88 bits per heavy atom. The van der Waals surface area contributed by atoms with E-state index in [9.17, 15) is 4.79 Å². The second-order valence-corrected chi connectivity index (χ2v) is 4.53. The molecule has 3 nitrogen and oxygen atoms in total. The van der Waals surface area contributed by atoms with Crippen LogP contribution in [0.2, 0.25) is 0 Å². The van der Waals surface area contributed by atoms with Crippen molar-refractivity contribution in [3.63, 3.8) is 0 Å². The summed E-state index contributed by atoms with van der Waals surface area (Å²) in [6.07, 6.45) is 3.60. The van der Waals surface area contributed by atoms with Gasteiger partial charge in [0.1, 0.15) is 0 Å². The standard InChI is InChI=1S/C14H15NO2/c16-14(10-4-7-17-8-5-10)12-1-2-13-11(9-12)3-6-15-13/h1-3,6,9-10,15H,4-5,7-8H2. The normalized spacial score (nSPS) is 17.4. The van der Waals surface area contributed by atoms with Crippen LogP contribution in [0.1, 0.15) is 23.2 Å². The molecular formula is C14H15NO2. The molecule has 0 atom stereocenters. The van der Waals surface area contributed by atoms with Gasteiger partial charge in [-0.1, -0.05) is 0 Å². The van der Waals surface area contributed by atoms with E-state index in [0.717, 1.165) is 29.3 Å². The summed E-state index contributed by atoms with van der Waals surface area (Å²) in [5, 5.41) is 1.10. The summed E-state index contributed by atoms with van der Waals surface area (Å²) in [5.41, 5.74) is 1.90. The molecule has 2 aromatic rings. The van der Waals surface area contributed by atoms with Crippen LogP contribution in [0.3, 0.4) is 0 Å². The van der Waals surface area contributed by atoms with Crippen LogP contribution in [-0.4, -0.2) is 24.0 Å². The van der Waals surface area contributed by atoms with Gasteiger partial charge in [0.2, 0.25) is 0 Å². The van der Waals surface area contributed by atoms with Crippen molar-refractivity contribution < 1.29 is 9.53 Å². The minimum Gasteiger partial charge on any atom is -0.381 e. The van der Waals surface area contributed by atoms with Crippen molar-refractivity contribution in [3.05, 3.63) is 36.0 Å². The molecule has 2 heterocycles. The van der Waals surface area contributed by atoms with Gasteiger partial charge in [0.25, 0.3) is 0 Å². The van der Waals surface area contributed by atoms with E-state index in [-0.39, 0.29) is 11.7 Å². The summed E-state index contributed by atoms with van der Waals surface area (Å²) < 4.78 is 5.29. The molecular weight excluding hydrogens is 214 g/mol. The number of benzene rings is 1. The number of aromatic amines is 1. The molecule has 17 heavy (non-hydrogen) atoms. The number of nitrogens with one attached hydrogen (secondary N) is 1. The van der Waals surface area contributed by atoms with E-state index in [1.54, 1.807) is 0 Å². The molecule has 0 aliphatic carbocycles. The Morgan fingerprint density at radius 1 is 1.24 bits per heavy atom. The number of ketones is 1. The number of carbonyl (C=O) groups is 1. The highest BCUT2D eigenvalue weighted by Gasteiger charge is 2.22. The van der Waals surface area contributed by atoms with Gasteiger partial charge in [-0.25, -0.2) is 0 Å². The first-order valence-electron chi connectivity index (χ1n) is 6.04. The molecule has 1 aliphatic rings. The largest absolute Gasteiger partial charge is 0.381 e. The highest BCUT2D eigenvalue weighted by atomic mass is 16.5. The third kappa shape index (κ3) is 1.98. The van der Waals surface area contributed by atoms with Crippen LogP contribution in [0.25, 0.3) is 10.9 Å². The van der Waals surface area contributed by atoms with Crippen molar-refractivity contribution >= 4 is 16.7 Å². The zero-order chi connectivity index (χ0) is 11.7. The second-order valence-electron chi connectivity index (χ2n) is 4.53. The molecule has 3 rings (SSSR count). The molecule has 1 aromatic heterocycles. The van der Waals surface area contributed by atoms with E-state index >= 15 is 0 Å². The summed E-state index contributed by atoms with van der Waals surface area (Å²) >= 11 is 0. The number of hydrogen-bond donors (Lipinski definition) is 1. The van der Waals surface area contributed by atoms with E-state index in [0.29, 0.717) is 13.2 Å². The number of rotatable bonds is 2. The first-order chi connectivity index (χ1) is 8.34. The summed E-state index contributed by atoms with van der Waals surface area (Å²) in [6, 6.07) is 7.86. The molecule has 88 valence electrons. The van der Waals surface area contributed by atoms with Crippen LogP contribution >= 0.6 is 0 Å². The Bertz CT molecular complexity index is 538. The third-order valence-electron chi connectivity index (χ3n) is 3.43. The lowest BCUT2D eigenvalue weighted by Gasteiger charge is -2.20. The molecule has 1 fully saturated rings. The number of fused-ring (bicyclic) bond motifs is 1. The Labute approximate surface area is 99.8 Å². The highest BCUT2D eigenvalue weighted by Crippen LogP contribution is 2.22. The van der Waals surface area contributed by atoms with E-state index in [1.807, 2.05) is 30.5 Å². The Kier molecular flexibility index (Phi) is 2.69. The van der Waals surface area contributed by atoms with Crippen LogP contribution in [0.4, 0.5) is 0 Å². The average molecular weight is 229 g/mol. The molecule has 0 unspecified atom stereocenters. The molecule has 1 aromatic carbocycles. The number of ether oxygens (including phenoxy) is 1. The van der Waals surface area contributed by atoms with Gasteiger partial charge in [0, 0.05) is 41.8 Å². The van der Waals surface area contributed by atoms with Gasteiger partial charge in [0.05, 0.1) is 0 Å². The fourth-order valence-corrected chi connectivity index (χ4v) is 2.40. The number of aromatic nitrogens is 1. The fraction of sp³-hybridized carbons (Fsp3) is 0.357. The molecule has 0 spiro atoms. The molecule has 0 radical (unpaired) electrons. The fourth-order valence-electron chi connectivity index (χ4n) is 2.40. The molecule has 1 saturated heterocycles. The molecule has 3 heteroatoms. The second kappa shape index (κ2) is 4.34. The van der Waals surface area contributed by atoms with E-state index in [4.69, 9.17) is 4.74 Å². The zero-order valence-electron chi connectivity index (χ0n) is 9.61. The predicted octanol–water partition coefficient (Wildman–Crippen LogP) is 2.78. The minimum atomic E-state index is 0.139. The summed E-state index contributed by atoms with van der Waals surface area (Å²) in [5.74, 6) is 0.400. The van der Waals surface area contributed by atoms with Crippen molar-refractivity contribution in [2.45, 2.75) is 12.8 Å². The van der Waals surface area contributed by atoms with E-state index in [2.05, 4.69) is 4.98 Å². The van der Waals surface area contributed by atoms with Crippen LogP contribution < -0.4 is 0 Å². The van der Waals surface area contributed by atoms with Gasteiger partial charge in [-0.2, -0.15) is 0 Å². The first-order valence-corrected chi connectivity index (χ1v) is 6.04. The van der Waals surface area contributed by atoms with Crippen molar-refractivity contribution in [1.29, 1.82) is 0 Å². The van der Waals surface area contributed by atoms with Gasteiger partial charge in [0.15, 0.2) is 5.78 Å². The SMILES string of the molecule is O=C(c1ccc2[nH]ccc2c1)C1CCOCC1. The van der Waals surface area contributed by atoms with Crippen LogP contribution in [0.5, 0.6) is 0 Å². The van der Waals surface area contributed by atoms with Gasteiger partial charge in [-0.05, 0) is 37.1 Å². The summed E-state index contributed by atoms with van der Waals surface area (Å²) in [7, 11) is 0. The molecule has 0 bridgehead atoms. The zero-order valence-corrected chi connectivity index (χ0v) is 9.61.